The van der Waals surface area contributed by atoms with Gasteiger partial charge < -0.3 is 10.4 Å². The second-order valence-electron chi connectivity index (χ2n) is 7.33. The molecule has 9 heteroatoms. The number of hydroxylamine groups is 1. The van der Waals surface area contributed by atoms with Crippen molar-refractivity contribution >= 4 is 29.4 Å². The Morgan fingerprint density at radius 1 is 1.13 bits per heavy atom. The van der Waals surface area contributed by atoms with Crippen LogP contribution in [0.15, 0.2) is 42.5 Å². The van der Waals surface area contributed by atoms with Crippen molar-refractivity contribution in [2.75, 3.05) is 11.9 Å². The van der Waals surface area contributed by atoms with Crippen LogP contribution < -0.4 is 10.8 Å². The number of anilines is 1. The summed E-state index contributed by atoms with van der Waals surface area (Å²) in [5.41, 5.74) is 4.26. The lowest BCUT2D eigenvalue weighted by Gasteiger charge is -2.25. The maximum absolute atomic E-state index is 12.7. The third-order valence-electron chi connectivity index (χ3n) is 5.51. The Bertz CT molecular complexity index is 1030. The zero-order chi connectivity index (χ0) is 21.4. The lowest BCUT2D eigenvalue weighted by molar-refractivity contribution is -0.142. The topological polar surface area (TPSA) is 136 Å². The molecule has 0 spiro atoms. The fourth-order valence-corrected chi connectivity index (χ4v) is 4.08. The van der Waals surface area contributed by atoms with Gasteiger partial charge in [-0.05, 0) is 35.7 Å². The molecular formula is C21H19N3O6. The van der Waals surface area contributed by atoms with Gasteiger partial charge in [0.15, 0.2) is 0 Å². The van der Waals surface area contributed by atoms with Gasteiger partial charge in [0.1, 0.15) is 6.04 Å². The van der Waals surface area contributed by atoms with Crippen molar-refractivity contribution in [2.45, 2.75) is 24.8 Å². The minimum absolute atomic E-state index is 0.0305. The van der Waals surface area contributed by atoms with Gasteiger partial charge in [0.05, 0.1) is 17.5 Å². The Morgan fingerprint density at radius 2 is 1.80 bits per heavy atom. The van der Waals surface area contributed by atoms with Crippen molar-refractivity contribution in [1.82, 2.24) is 10.4 Å². The number of fused-ring (bicyclic) bond motifs is 2. The molecule has 2 aliphatic heterocycles. The third-order valence-corrected chi connectivity index (χ3v) is 5.51. The lowest BCUT2D eigenvalue weighted by atomic mass is 9.91. The molecule has 0 saturated carbocycles. The van der Waals surface area contributed by atoms with E-state index in [2.05, 4.69) is 5.32 Å². The molecule has 30 heavy (non-hydrogen) atoms. The van der Waals surface area contributed by atoms with Crippen LogP contribution in [0.2, 0.25) is 0 Å². The predicted octanol–water partition coefficient (Wildman–Crippen LogP) is 1.38. The van der Waals surface area contributed by atoms with E-state index in [1.165, 1.54) is 12.1 Å². The summed E-state index contributed by atoms with van der Waals surface area (Å²) >= 11 is 0. The molecule has 2 aliphatic rings. The summed E-state index contributed by atoms with van der Waals surface area (Å²) in [5, 5.41) is 21.7. The Balaban J connectivity index is 1.60. The Labute approximate surface area is 171 Å². The van der Waals surface area contributed by atoms with Gasteiger partial charge in [-0.15, -0.1) is 0 Å². The highest BCUT2D eigenvalue weighted by atomic mass is 16.5. The highest BCUT2D eigenvalue weighted by molar-refractivity contribution is 6.22. The smallest absolute Gasteiger partial charge is 0.326 e. The fraction of sp³-hybridized carbons (Fsp3) is 0.238. The first-order valence-electron chi connectivity index (χ1n) is 9.40. The van der Waals surface area contributed by atoms with Crippen LogP contribution in [0.4, 0.5) is 5.69 Å². The molecule has 0 saturated heterocycles. The van der Waals surface area contributed by atoms with Crippen LogP contribution in [0.1, 0.15) is 44.2 Å². The second kappa shape index (κ2) is 7.60. The van der Waals surface area contributed by atoms with Crippen molar-refractivity contribution in [1.29, 1.82) is 0 Å². The zero-order valence-corrected chi connectivity index (χ0v) is 15.8. The number of carbonyl (C=O) groups is 4. The maximum atomic E-state index is 12.7. The molecule has 0 radical (unpaired) electrons. The number of carboxylic acids is 1. The van der Waals surface area contributed by atoms with Gasteiger partial charge >= 0.3 is 5.97 Å². The van der Waals surface area contributed by atoms with Gasteiger partial charge in [-0.3, -0.25) is 24.5 Å². The summed E-state index contributed by atoms with van der Waals surface area (Å²) < 4.78 is 0. The molecule has 0 aromatic heterocycles. The van der Waals surface area contributed by atoms with Gasteiger partial charge in [0, 0.05) is 18.2 Å². The molecule has 2 aromatic carbocycles. The van der Waals surface area contributed by atoms with Crippen molar-refractivity contribution in [3.05, 3.63) is 64.7 Å². The Morgan fingerprint density at radius 3 is 2.40 bits per heavy atom. The number of carbonyl (C=O) groups excluding carboxylic acids is 3. The average Bonchev–Trinajstić information content (AvgIpc) is 3.25. The lowest BCUT2D eigenvalue weighted by Crippen LogP contribution is -2.45. The van der Waals surface area contributed by atoms with Crippen LogP contribution >= 0.6 is 0 Å². The SMILES string of the molecule is O=C(Cc1ccc2c(c1)C(C[C@@H](C(=O)O)N1C(=O)c3ccccc3C1=O)CN2)NO. The van der Waals surface area contributed by atoms with Gasteiger partial charge in [-0.25, -0.2) is 10.3 Å². The first kappa shape index (κ1) is 19.6. The quantitative estimate of drug-likeness (QED) is 0.321. The molecule has 9 nitrogen and oxygen atoms in total. The van der Waals surface area contributed by atoms with Gasteiger partial charge in [0.2, 0.25) is 5.91 Å². The molecule has 3 amide bonds. The van der Waals surface area contributed by atoms with E-state index >= 15 is 0 Å². The molecule has 2 heterocycles. The summed E-state index contributed by atoms with van der Waals surface area (Å²) in [4.78, 5) is 49.8. The molecule has 2 aromatic rings. The number of benzene rings is 2. The molecule has 0 bridgehead atoms. The van der Waals surface area contributed by atoms with E-state index in [-0.39, 0.29) is 29.9 Å². The maximum Gasteiger partial charge on any atom is 0.326 e. The van der Waals surface area contributed by atoms with Crippen molar-refractivity contribution in [3.63, 3.8) is 0 Å². The molecule has 154 valence electrons. The minimum atomic E-state index is -1.32. The van der Waals surface area contributed by atoms with E-state index in [9.17, 15) is 24.3 Å². The van der Waals surface area contributed by atoms with Crippen LogP contribution in [-0.4, -0.2) is 51.5 Å². The second-order valence-corrected chi connectivity index (χ2v) is 7.33. The molecule has 0 aliphatic carbocycles. The number of amides is 3. The number of aliphatic carboxylic acids is 1. The van der Waals surface area contributed by atoms with Crippen molar-refractivity contribution in [2.24, 2.45) is 0 Å². The van der Waals surface area contributed by atoms with Crippen molar-refractivity contribution < 1.29 is 29.5 Å². The van der Waals surface area contributed by atoms with Gasteiger partial charge in [0.25, 0.3) is 11.8 Å². The Kier molecular flexibility index (Phi) is 4.96. The monoisotopic (exact) mass is 409 g/mol. The molecule has 4 N–H and O–H groups in total. The minimum Gasteiger partial charge on any atom is -0.480 e. The number of rotatable bonds is 6. The van der Waals surface area contributed by atoms with Crippen molar-refractivity contribution in [3.8, 4) is 0 Å². The number of hydrogen-bond acceptors (Lipinski definition) is 6. The third kappa shape index (κ3) is 3.29. The van der Waals surface area contributed by atoms with E-state index in [4.69, 9.17) is 5.21 Å². The molecule has 1 unspecified atom stereocenters. The summed E-state index contributed by atoms with van der Waals surface area (Å²) in [6.07, 6.45) is 0.00766. The largest absolute Gasteiger partial charge is 0.480 e. The summed E-state index contributed by atoms with van der Waals surface area (Å²) in [5.74, 6) is -3.31. The molecule has 4 rings (SSSR count). The number of carboxylic acid groups (broad SMARTS) is 1. The van der Waals surface area contributed by atoms with Crippen LogP contribution in [0.3, 0.4) is 0 Å². The number of nitrogens with one attached hydrogen (secondary N) is 2. The number of imide groups is 1. The first-order chi connectivity index (χ1) is 14.4. The van der Waals surface area contributed by atoms with E-state index < -0.39 is 29.7 Å². The van der Waals surface area contributed by atoms with E-state index in [1.54, 1.807) is 35.8 Å². The highest BCUT2D eigenvalue weighted by Gasteiger charge is 2.44. The van der Waals surface area contributed by atoms with E-state index in [0.29, 0.717) is 12.1 Å². The highest BCUT2D eigenvalue weighted by Crippen LogP contribution is 2.37. The van der Waals surface area contributed by atoms with Crippen LogP contribution in [0.5, 0.6) is 0 Å². The first-order valence-corrected chi connectivity index (χ1v) is 9.40. The Hall–Kier alpha value is -3.72. The number of hydrogen-bond donors (Lipinski definition) is 4. The number of nitrogens with zero attached hydrogens (tertiary/aromatic N) is 1. The summed E-state index contributed by atoms with van der Waals surface area (Å²) in [6.45, 7) is 0.442. The van der Waals surface area contributed by atoms with Crippen LogP contribution in [0.25, 0.3) is 0 Å². The predicted molar refractivity (Wildman–Crippen MR) is 104 cm³/mol. The van der Waals surface area contributed by atoms with E-state index in [0.717, 1.165) is 16.2 Å². The van der Waals surface area contributed by atoms with Crippen LogP contribution in [-0.2, 0) is 16.0 Å². The zero-order valence-electron chi connectivity index (χ0n) is 15.8. The molecular weight excluding hydrogens is 390 g/mol. The normalized spacial score (nSPS) is 17.9. The van der Waals surface area contributed by atoms with Crippen LogP contribution in [0, 0.1) is 0 Å². The fourth-order valence-electron chi connectivity index (χ4n) is 4.08. The summed E-state index contributed by atoms with van der Waals surface area (Å²) in [7, 11) is 0. The molecule has 0 fully saturated rings. The van der Waals surface area contributed by atoms with Gasteiger partial charge in [-0.1, -0.05) is 24.3 Å². The van der Waals surface area contributed by atoms with E-state index in [1.807, 2.05) is 0 Å². The summed E-state index contributed by atoms with van der Waals surface area (Å²) in [6, 6.07) is 10.3. The standard InChI is InChI=1S/C21H19N3O6/c25-18(23-30)8-11-5-6-16-15(7-11)12(10-22-16)9-17(21(28)29)24-19(26)13-3-1-2-4-14(13)20(24)27/h1-7,12,17,22,30H,8-10H2,(H,23,25)(H,28,29)/t12?,17-/m0/s1. The average molecular weight is 409 g/mol. The van der Waals surface area contributed by atoms with Gasteiger partial charge in [-0.2, -0.15) is 0 Å². The molecule has 2 atom stereocenters.